The van der Waals surface area contributed by atoms with Gasteiger partial charge in [-0.15, -0.1) is 0 Å². The van der Waals surface area contributed by atoms with E-state index >= 15 is 0 Å². The average molecular weight is 282 g/mol. The van der Waals surface area contributed by atoms with Crippen molar-refractivity contribution in [3.05, 3.63) is 69.7 Å². The number of hydrogen-bond acceptors (Lipinski definition) is 1. The lowest BCUT2D eigenvalue weighted by Crippen LogP contribution is -2.13. The van der Waals surface area contributed by atoms with Gasteiger partial charge in [-0.1, -0.05) is 23.7 Å². The van der Waals surface area contributed by atoms with Crippen molar-refractivity contribution in [1.29, 1.82) is 0 Å². The molecule has 19 heavy (non-hydrogen) atoms. The van der Waals surface area contributed by atoms with Crippen LogP contribution in [0.3, 0.4) is 0 Å². The van der Waals surface area contributed by atoms with Crippen molar-refractivity contribution in [2.45, 2.75) is 19.4 Å². The largest absolute Gasteiger partial charge is 0.324 e. The molecule has 2 rings (SSSR count). The first-order chi connectivity index (χ1) is 8.95. The van der Waals surface area contributed by atoms with Crippen molar-refractivity contribution in [3.63, 3.8) is 0 Å². The van der Waals surface area contributed by atoms with Crippen LogP contribution in [0.15, 0.2) is 36.4 Å². The van der Waals surface area contributed by atoms with Crippen LogP contribution in [0, 0.1) is 18.6 Å². The van der Waals surface area contributed by atoms with Crippen molar-refractivity contribution in [2.75, 3.05) is 0 Å². The molecule has 2 aromatic carbocycles. The van der Waals surface area contributed by atoms with Crippen LogP contribution in [0.5, 0.6) is 0 Å². The van der Waals surface area contributed by atoms with Gasteiger partial charge in [-0.3, -0.25) is 0 Å². The maximum absolute atomic E-state index is 13.1. The van der Waals surface area contributed by atoms with Gasteiger partial charge in [0.1, 0.15) is 11.6 Å². The molecule has 0 saturated heterocycles. The Balaban J connectivity index is 2.20. The van der Waals surface area contributed by atoms with Crippen LogP contribution in [0.1, 0.15) is 22.7 Å². The highest BCUT2D eigenvalue weighted by atomic mass is 35.5. The summed E-state index contributed by atoms with van der Waals surface area (Å²) < 4.78 is 26.2. The van der Waals surface area contributed by atoms with E-state index in [1.807, 2.05) is 19.1 Å². The summed E-state index contributed by atoms with van der Waals surface area (Å²) in [6, 6.07) is 8.62. The Kier molecular flexibility index (Phi) is 4.17. The third-order valence-corrected chi connectivity index (χ3v) is 3.41. The molecule has 0 saturated carbocycles. The zero-order valence-electron chi connectivity index (χ0n) is 10.5. The lowest BCUT2D eigenvalue weighted by atomic mass is 9.99. The molecular formula is C15H14ClF2N. The Morgan fingerprint density at radius 1 is 1.11 bits per heavy atom. The topological polar surface area (TPSA) is 26.0 Å². The van der Waals surface area contributed by atoms with Gasteiger partial charge in [-0.25, -0.2) is 8.78 Å². The maximum atomic E-state index is 13.1. The predicted molar refractivity (Wildman–Crippen MR) is 73.2 cm³/mol. The molecule has 0 bridgehead atoms. The van der Waals surface area contributed by atoms with E-state index in [2.05, 4.69) is 0 Å². The lowest BCUT2D eigenvalue weighted by molar-refractivity contribution is 0.576. The summed E-state index contributed by atoms with van der Waals surface area (Å²) in [5, 5.41) is 0.637. The molecule has 1 unspecified atom stereocenters. The lowest BCUT2D eigenvalue weighted by Gasteiger charge is -2.13. The smallest absolute Gasteiger partial charge is 0.126 e. The van der Waals surface area contributed by atoms with Gasteiger partial charge in [0, 0.05) is 17.1 Å². The summed E-state index contributed by atoms with van der Waals surface area (Å²) >= 11 is 6.04. The van der Waals surface area contributed by atoms with Crippen LogP contribution < -0.4 is 5.73 Å². The number of halogens is 3. The number of hydrogen-bond donors (Lipinski definition) is 1. The standard InChI is InChI=1S/C15H14ClF2N/c1-9-2-3-11(7-14(9)16)15(19)6-10-4-12(17)8-13(18)5-10/h2-5,7-8,15H,6,19H2,1H3. The van der Waals surface area contributed by atoms with E-state index in [0.29, 0.717) is 17.0 Å². The number of nitrogens with two attached hydrogens (primary N) is 1. The normalized spacial score (nSPS) is 12.5. The highest BCUT2D eigenvalue weighted by Gasteiger charge is 2.10. The molecule has 0 heterocycles. The molecule has 0 aliphatic rings. The van der Waals surface area contributed by atoms with Gasteiger partial charge in [0.15, 0.2) is 0 Å². The fourth-order valence-electron chi connectivity index (χ4n) is 1.94. The van der Waals surface area contributed by atoms with Crippen LogP contribution in [0.25, 0.3) is 0 Å². The second kappa shape index (κ2) is 5.68. The molecule has 4 heteroatoms. The molecule has 2 N–H and O–H groups in total. The van der Waals surface area contributed by atoms with E-state index in [1.54, 1.807) is 6.07 Å². The van der Waals surface area contributed by atoms with Crippen LogP contribution in [-0.2, 0) is 6.42 Å². The van der Waals surface area contributed by atoms with Gasteiger partial charge in [0.2, 0.25) is 0 Å². The van der Waals surface area contributed by atoms with Crippen molar-refractivity contribution >= 4 is 11.6 Å². The molecule has 0 amide bonds. The SMILES string of the molecule is Cc1ccc(C(N)Cc2cc(F)cc(F)c2)cc1Cl. The Bertz CT molecular complexity index is 578. The van der Waals surface area contributed by atoms with Gasteiger partial charge in [-0.2, -0.15) is 0 Å². The van der Waals surface area contributed by atoms with E-state index in [9.17, 15) is 8.78 Å². The molecule has 0 aliphatic heterocycles. The summed E-state index contributed by atoms with van der Waals surface area (Å²) in [5.41, 5.74) is 8.39. The molecule has 0 aromatic heterocycles. The minimum absolute atomic E-state index is 0.348. The summed E-state index contributed by atoms with van der Waals surface area (Å²) in [4.78, 5) is 0. The molecule has 0 radical (unpaired) electrons. The molecular weight excluding hydrogens is 268 g/mol. The Morgan fingerprint density at radius 2 is 1.74 bits per heavy atom. The fraction of sp³-hybridized carbons (Fsp3) is 0.200. The molecule has 100 valence electrons. The van der Waals surface area contributed by atoms with Crippen molar-refractivity contribution in [2.24, 2.45) is 5.73 Å². The first-order valence-electron chi connectivity index (χ1n) is 5.92. The zero-order chi connectivity index (χ0) is 14.0. The number of benzene rings is 2. The van der Waals surface area contributed by atoms with Crippen LogP contribution in [0.4, 0.5) is 8.78 Å². The van der Waals surface area contributed by atoms with E-state index in [-0.39, 0.29) is 6.04 Å². The van der Waals surface area contributed by atoms with Crippen molar-refractivity contribution in [1.82, 2.24) is 0 Å². The summed E-state index contributed by atoms with van der Waals surface area (Å²) in [7, 11) is 0. The molecule has 1 atom stereocenters. The van der Waals surface area contributed by atoms with E-state index in [0.717, 1.165) is 17.2 Å². The quantitative estimate of drug-likeness (QED) is 0.898. The van der Waals surface area contributed by atoms with Gasteiger partial charge < -0.3 is 5.73 Å². The molecule has 0 aliphatic carbocycles. The molecule has 1 nitrogen and oxygen atoms in total. The Hall–Kier alpha value is -1.45. The van der Waals surface area contributed by atoms with Crippen molar-refractivity contribution in [3.8, 4) is 0 Å². The Morgan fingerprint density at radius 3 is 2.32 bits per heavy atom. The summed E-state index contributed by atoms with van der Waals surface area (Å²) in [6.45, 7) is 1.90. The highest BCUT2D eigenvalue weighted by molar-refractivity contribution is 6.31. The summed E-state index contributed by atoms with van der Waals surface area (Å²) in [6.07, 6.45) is 0.355. The van der Waals surface area contributed by atoms with E-state index in [4.69, 9.17) is 17.3 Å². The maximum Gasteiger partial charge on any atom is 0.126 e. The van der Waals surface area contributed by atoms with E-state index in [1.165, 1.54) is 12.1 Å². The fourth-order valence-corrected chi connectivity index (χ4v) is 2.13. The highest BCUT2D eigenvalue weighted by Crippen LogP contribution is 2.23. The Labute approximate surface area is 116 Å². The van der Waals surface area contributed by atoms with Crippen LogP contribution >= 0.6 is 11.6 Å². The minimum Gasteiger partial charge on any atom is -0.324 e. The van der Waals surface area contributed by atoms with Crippen molar-refractivity contribution < 1.29 is 8.78 Å². The van der Waals surface area contributed by atoms with Gasteiger partial charge in [-0.05, 0) is 48.2 Å². The first-order valence-corrected chi connectivity index (χ1v) is 6.30. The average Bonchev–Trinajstić information content (AvgIpc) is 2.31. The third-order valence-electron chi connectivity index (χ3n) is 3.00. The van der Waals surface area contributed by atoms with Crippen LogP contribution in [0.2, 0.25) is 5.02 Å². The molecule has 0 fully saturated rings. The number of rotatable bonds is 3. The minimum atomic E-state index is -0.593. The van der Waals surface area contributed by atoms with E-state index < -0.39 is 11.6 Å². The first kappa shape index (κ1) is 14.0. The third kappa shape index (κ3) is 3.52. The second-order valence-corrected chi connectivity index (χ2v) is 5.00. The summed E-state index contributed by atoms with van der Waals surface area (Å²) in [5.74, 6) is -1.19. The number of aryl methyl sites for hydroxylation is 1. The predicted octanol–water partition coefficient (Wildman–Crippen LogP) is 4.17. The van der Waals surface area contributed by atoms with Gasteiger partial charge in [0.05, 0.1) is 0 Å². The zero-order valence-corrected chi connectivity index (χ0v) is 11.2. The van der Waals surface area contributed by atoms with Gasteiger partial charge >= 0.3 is 0 Å². The monoisotopic (exact) mass is 281 g/mol. The van der Waals surface area contributed by atoms with Gasteiger partial charge in [0.25, 0.3) is 0 Å². The second-order valence-electron chi connectivity index (χ2n) is 4.60. The van der Waals surface area contributed by atoms with Crippen LogP contribution in [-0.4, -0.2) is 0 Å². The molecule has 2 aromatic rings. The molecule has 0 spiro atoms.